The molecular formula is C52H78O25. The molecule has 10 aliphatic rings. The Morgan fingerprint density at radius 3 is 2.18 bits per heavy atom. The van der Waals surface area contributed by atoms with Gasteiger partial charge >= 0.3 is 11.9 Å². The van der Waals surface area contributed by atoms with Crippen LogP contribution >= 0.6 is 0 Å². The molecule has 0 aromatic carbocycles. The second-order valence-electron chi connectivity index (χ2n) is 23.8. The SMILES string of the molecule is C=C1CO[C@@]2(O[C@H]3C[C@H]4[C@@H]5CC=C6C[C@@H](O)C[C@@H](O[C@@H]7OC[C@@H](O)[C@@H](O[C@@H]8OC[C@@H](O)[C@H](O)[C@H]8O)[C@@H]7O[C@@H]7O[C@@H](C)[C@H](OC(C)=O)[C@@H](O[C@@H]8OC[C@](O)(CO)[C@H]8O)[C@H]7O)[C@]6(C)[C@H]5CC[C@]4(C)[C@H]3[C@@H]2COC(C)=O)[C@@H](O)[C@H]1O. The molecular weight excluding hydrogens is 1020 g/mol. The molecule has 1 spiro atoms. The number of rotatable bonds is 12. The Balaban J connectivity index is 0.950. The first-order valence-corrected chi connectivity index (χ1v) is 26.9. The maximum absolute atomic E-state index is 12.4. The molecule has 9 fully saturated rings. The quantitative estimate of drug-likeness (QED) is 0.0681. The maximum atomic E-state index is 12.4. The van der Waals surface area contributed by atoms with Crippen LogP contribution in [0.15, 0.2) is 23.8 Å². The van der Waals surface area contributed by atoms with Crippen LogP contribution in [-0.2, 0) is 66.4 Å². The van der Waals surface area contributed by atoms with Crippen molar-refractivity contribution < 1.29 is 123 Å². The normalized spacial score (nSPS) is 53.5. The summed E-state index contributed by atoms with van der Waals surface area (Å²) in [4.78, 5) is 24.8. The molecule has 0 unspecified atom stereocenters. The van der Waals surface area contributed by atoms with Gasteiger partial charge in [-0.2, -0.15) is 0 Å². The molecule has 0 aromatic heterocycles. The Hall–Kier alpha value is -2.42. The predicted octanol–water partition coefficient (Wildman–Crippen LogP) is -3.10. The van der Waals surface area contributed by atoms with Gasteiger partial charge in [-0.15, -0.1) is 0 Å². The summed E-state index contributed by atoms with van der Waals surface area (Å²) in [5.74, 6) is -3.83. The molecule has 25 nitrogen and oxygen atoms in total. The smallest absolute Gasteiger partial charge is 0.303 e. The van der Waals surface area contributed by atoms with Crippen LogP contribution in [0.4, 0.5) is 0 Å². The lowest BCUT2D eigenvalue weighted by atomic mass is 9.46. The Morgan fingerprint density at radius 1 is 0.779 bits per heavy atom. The number of fused-ring (bicyclic) bond motifs is 7. The van der Waals surface area contributed by atoms with Crippen molar-refractivity contribution in [2.24, 2.45) is 40.4 Å². The van der Waals surface area contributed by atoms with Gasteiger partial charge in [-0.1, -0.05) is 32.1 Å². The number of hydrogen-bond acceptors (Lipinski definition) is 25. The van der Waals surface area contributed by atoms with Gasteiger partial charge < -0.3 is 113 Å². The summed E-state index contributed by atoms with van der Waals surface area (Å²) in [5, 5.41) is 122. The van der Waals surface area contributed by atoms with Crippen LogP contribution in [0.2, 0.25) is 0 Å². The van der Waals surface area contributed by atoms with E-state index in [9.17, 15) is 65.8 Å². The van der Waals surface area contributed by atoms with Crippen molar-refractivity contribution in [2.75, 3.05) is 39.6 Å². The van der Waals surface area contributed by atoms with E-state index in [0.29, 0.717) is 37.7 Å². The maximum Gasteiger partial charge on any atom is 0.303 e. The van der Waals surface area contributed by atoms with Gasteiger partial charge in [0.2, 0.25) is 5.79 Å². The third-order valence-electron chi connectivity index (χ3n) is 19.3. The van der Waals surface area contributed by atoms with Crippen molar-refractivity contribution >= 4 is 11.9 Å². The van der Waals surface area contributed by atoms with E-state index >= 15 is 0 Å². The third-order valence-corrected chi connectivity index (χ3v) is 19.3. The Labute approximate surface area is 444 Å². The van der Waals surface area contributed by atoms with Gasteiger partial charge in [-0.05, 0) is 67.8 Å². The van der Waals surface area contributed by atoms with Crippen molar-refractivity contribution in [2.45, 2.75) is 207 Å². The highest BCUT2D eigenvalue weighted by molar-refractivity contribution is 5.66. The molecule has 6 heterocycles. The second-order valence-corrected chi connectivity index (χ2v) is 23.8. The molecule has 6 saturated heterocycles. The Morgan fingerprint density at radius 2 is 1.48 bits per heavy atom. The number of aliphatic hydroxyl groups is 11. The van der Waals surface area contributed by atoms with Crippen LogP contribution in [0.3, 0.4) is 0 Å². The van der Waals surface area contributed by atoms with Crippen molar-refractivity contribution in [1.82, 2.24) is 0 Å². The first-order valence-electron chi connectivity index (χ1n) is 26.9. The van der Waals surface area contributed by atoms with Crippen LogP contribution in [0, 0.1) is 40.4 Å². The van der Waals surface area contributed by atoms with E-state index < -0.39 is 189 Å². The minimum Gasteiger partial charge on any atom is -0.465 e. The first-order chi connectivity index (χ1) is 36.4. The third kappa shape index (κ3) is 9.86. The molecule has 4 aliphatic carbocycles. The molecule has 29 atom stereocenters. The zero-order valence-corrected chi connectivity index (χ0v) is 43.8. The monoisotopic (exact) mass is 1100 g/mol. The number of carbonyl (C=O) groups is 2. The van der Waals surface area contributed by atoms with Crippen LogP contribution in [-0.4, -0.2) is 242 Å². The molecule has 3 saturated carbocycles. The lowest BCUT2D eigenvalue weighted by molar-refractivity contribution is -0.387. The minimum absolute atomic E-state index is 0.0278. The van der Waals surface area contributed by atoms with Crippen molar-refractivity contribution in [3.05, 3.63) is 23.8 Å². The summed E-state index contributed by atoms with van der Waals surface area (Å²) in [5.41, 5.74) is -2.06. The minimum atomic E-state index is -2.13. The largest absolute Gasteiger partial charge is 0.465 e. The molecule has 10 rings (SSSR count). The molecule has 25 heteroatoms. The standard InChI is InChI=1S/C52H78O25/c1-20-14-70-52(43(63)35(20)59)29(15-66-22(3)54)34-32(77-52)13-28-26-8-7-24-11-25(56)12-33(50(24,6)27(26)9-10-49(28,34)5)73-47-42(40(31(58)17-68-47)74-45-37(61)36(60)30(57)16-67-45)76-46-38(62)41(39(21(2)71-46)72-23(4)55)75-48-44(64)51(65,18-53)19-69-48/h7,21,25-48,53,56-65H,1,8-19H2,2-6H3/t21-,25+,26+,27-,28-,29-,30+,31+,32-,33+,34-,35-,36-,37+,38+,39-,40+,41-,42-,43-,44-,45-,46-,47-,48-,49-,50-,51+,52-/m0/s1. The summed E-state index contributed by atoms with van der Waals surface area (Å²) >= 11 is 0. The van der Waals surface area contributed by atoms with Gasteiger partial charge in [0.05, 0.1) is 70.0 Å². The summed E-state index contributed by atoms with van der Waals surface area (Å²) < 4.78 is 73.8. The van der Waals surface area contributed by atoms with Crippen LogP contribution < -0.4 is 0 Å². The van der Waals surface area contributed by atoms with Gasteiger partial charge in [0.1, 0.15) is 72.7 Å². The highest BCUT2D eigenvalue weighted by Crippen LogP contribution is 2.71. The summed E-state index contributed by atoms with van der Waals surface area (Å²) in [6.07, 6.45) is -23.9. The van der Waals surface area contributed by atoms with E-state index in [-0.39, 0.29) is 43.3 Å². The fraction of sp³-hybridized carbons (Fsp3) is 0.885. The highest BCUT2D eigenvalue weighted by atomic mass is 16.8. The van der Waals surface area contributed by atoms with Gasteiger partial charge in [-0.25, -0.2) is 0 Å². The average molecular weight is 1100 g/mol. The summed E-state index contributed by atoms with van der Waals surface area (Å²) in [7, 11) is 0. The molecule has 436 valence electrons. The van der Waals surface area contributed by atoms with Crippen molar-refractivity contribution in [3.63, 3.8) is 0 Å². The number of allylic oxidation sites excluding steroid dienone is 1. The van der Waals surface area contributed by atoms with Gasteiger partial charge in [0, 0.05) is 31.6 Å². The van der Waals surface area contributed by atoms with E-state index in [0.717, 1.165) is 12.5 Å². The lowest BCUT2D eigenvalue weighted by Gasteiger charge is -2.60. The number of ether oxygens (including phenoxy) is 12. The van der Waals surface area contributed by atoms with Crippen LogP contribution in [0.25, 0.3) is 0 Å². The number of esters is 2. The molecule has 11 N–H and O–H groups in total. The predicted molar refractivity (Wildman–Crippen MR) is 253 cm³/mol. The molecule has 0 amide bonds. The number of hydrogen-bond donors (Lipinski definition) is 11. The van der Waals surface area contributed by atoms with Gasteiger partial charge in [0.15, 0.2) is 31.3 Å². The van der Waals surface area contributed by atoms with Gasteiger partial charge in [-0.3, -0.25) is 9.59 Å². The van der Waals surface area contributed by atoms with E-state index in [1.165, 1.54) is 13.8 Å². The van der Waals surface area contributed by atoms with Crippen molar-refractivity contribution in [3.8, 4) is 0 Å². The molecule has 0 aromatic rings. The number of carbonyl (C=O) groups excluding carboxylic acids is 2. The lowest BCUT2D eigenvalue weighted by Crippen LogP contribution is -2.66. The van der Waals surface area contributed by atoms with Crippen molar-refractivity contribution in [1.29, 1.82) is 0 Å². The zero-order chi connectivity index (χ0) is 55.4. The topological polar surface area (TPSA) is 367 Å². The molecule has 0 bridgehead atoms. The summed E-state index contributed by atoms with van der Waals surface area (Å²) in [6.45, 7) is 9.58. The van der Waals surface area contributed by atoms with E-state index in [1.807, 2.05) is 0 Å². The van der Waals surface area contributed by atoms with E-state index in [2.05, 4.69) is 26.5 Å². The molecule has 0 radical (unpaired) electrons. The average Bonchev–Trinajstić information content (AvgIpc) is 4.23. The molecule has 6 aliphatic heterocycles. The van der Waals surface area contributed by atoms with Gasteiger partial charge in [0.25, 0.3) is 0 Å². The van der Waals surface area contributed by atoms with Crippen LogP contribution in [0.1, 0.15) is 73.1 Å². The zero-order valence-electron chi connectivity index (χ0n) is 43.8. The van der Waals surface area contributed by atoms with E-state index in [1.54, 1.807) is 0 Å². The number of aliphatic hydroxyl groups excluding tert-OH is 10. The Bertz CT molecular complexity index is 2200. The Kier molecular flexibility index (Phi) is 16.3. The summed E-state index contributed by atoms with van der Waals surface area (Å²) in [6, 6.07) is 0. The molecule has 77 heavy (non-hydrogen) atoms. The van der Waals surface area contributed by atoms with E-state index in [4.69, 9.17) is 56.8 Å². The fourth-order valence-electron chi connectivity index (χ4n) is 15.2. The second kappa shape index (κ2) is 21.7. The first kappa shape index (κ1) is 57.8. The fourth-order valence-corrected chi connectivity index (χ4v) is 15.2. The highest BCUT2D eigenvalue weighted by Gasteiger charge is 2.73. The van der Waals surface area contributed by atoms with Crippen LogP contribution in [0.5, 0.6) is 0 Å².